The number of aromatic nitrogens is 1. The third-order valence-corrected chi connectivity index (χ3v) is 3.86. The molecule has 0 saturated heterocycles. The second kappa shape index (κ2) is 7.45. The van der Waals surface area contributed by atoms with Gasteiger partial charge in [0, 0.05) is 11.3 Å². The Kier molecular flexibility index (Phi) is 4.90. The van der Waals surface area contributed by atoms with Crippen LogP contribution in [-0.2, 0) is 0 Å². The van der Waals surface area contributed by atoms with Crippen LogP contribution in [0.3, 0.4) is 0 Å². The van der Waals surface area contributed by atoms with E-state index in [1.165, 1.54) is 0 Å². The van der Waals surface area contributed by atoms with Gasteiger partial charge in [0.25, 0.3) is 0 Å². The van der Waals surface area contributed by atoms with Crippen molar-refractivity contribution in [3.8, 4) is 6.07 Å². The van der Waals surface area contributed by atoms with Crippen LogP contribution in [0.1, 0.15) is 16.7 Å². The van der Waals surface area contributed by atoms with E-state index in [0.717, 1.165) is 16.9 Å². The van der Waals surface area contributed by atoms with Crippen molar-refractivity contribution in [2.45, 2.75) is 13.8 Å². The van der Waals surface area contributed by atoms with E-state index in [9.17, 15) is 5.26 Å². The maximum Gasteiger partial charge on any atom is 0.161 e. The smallest absolute Gasteiger partial charge is 0.161 e. The first-order chi connectivity index (χ1) is 12.6. The molecule has 0 aliphatic heterocycles. The monoisotopic (exact) mass is 342 g/mol. The molecule has 0 spiro atoms. The molecule has 0 saturated carbocycles. The topological polar surface area (TPSA) is 99.4 Å². The summed E-state index contributed by atoms with van der Waals surface area (Å²) < 4.78 is 0. The third-order valence-electron chi connectivity index (χ3n) is 3.86. The average molecular weight is 342 g/mol. The number of para-hydroxylation sites is 1. The van der Waals surface area contributed by atoms with Gasteiger partial charge in [-0.15, -0.1) is 5.11 Å². The van der Waals surface area contributed by atoms with Gasteiger partial charge in [-0.1, -0.05) is 30.3 Å². The first kappa shape index (κ1) is 17.1. The van der Waals surface area contributed by atoms with Crippen molar-refractivity contribution in [3.63, 3.8) is 0 Å². The van der Waals surface area contributed by atoms with Gasteiger partial charge in [-0.25, -0.2) is 4.98 Å². The molecule has 0 fully saturated rings. The highest BCUT2D eigenvalue weighted by atomic mass is 15.1. The lowest BCUT2D eigenvalue weighted by Gasteiger charge is -2.12. The highest BCUT2D eigenvalue weighted by Gasteiger charge is 2.16. The SMILES string of the molecule is Cc1cccc(N=Nc2c(Nc3ccccc3)nc(N)c(C#N)c2C)c1. The number of nitrogens with zero attached hydrogens (tertiary/aromatic N) is 4. The number of anilines is 3. The lowest BCUT2D eigenvalue weighted by atomic mass is 10.1. The number of nitriles is 1. The second-order valence-electron chi connectivity index (χ2n) is 5.84. The molecule has 0 atom stereocenters. The standard InChI is InChI=1S/C20H18N6/c1-13-7-6-10-16(11-13)25-26-18-14(2)17(12-21)19(22)24-20(18)23-15-8-4-3-5-9-15/h3-11H,1-2H3,(H3,22,23,24). The summed E-state index contributed by atoms with van der Waals surface area (Å²) in [6.45, 7) is 3.78. The number of aryl methyl sites for hydroxylation is 1. The zero-order valence-electron chi connectivity index (χ0n) is 14.6. The van der Waals surface area contributed by atoms with Crippen molar-refractivity contribution in [1.29, 1.82) is 5.26 Å². The fraction of sp³-hybridized carbons (Fsp3) is 0.100. The minimum absolute atomic E-state index is 0.165. The van der Waals surface area contributed by atoms with Crippen LogP contribution in [-0.4, -0.2) is 4.98 Å². The van der Waals surface area contributed by atoms with Crippen LogP contribution in [0.4, 0.5) is 28.7 Å². The molecule has 0 aliphatic carbocycles. The molecule has 0 amide bonds. The molecule has 0 radical (unpaired) electrons. The van der Waals surface area contributed by atoms with Gasteiger partial charge >= 0.3 is 0 Å². The van der Waals surface area contributed by atoms with Gasteiger partial charge in [-0.3, -0.25) is 0 Å². The van der Waals surface area contributed by atoms with E-state index in [2.05, 4.69) is 26.6 Å². The summed E-state index contributed by atoms with van der Waals surface area (Å²) in [6, 6.07) is 19.4. The Hall–Kier alpha value is -3.72. The number of pyridine rings is 1. The first-order valence-corrected chi connectivity index (χ1v) is 8.09. The van der Waals surface area contributed by atoms with Gasteiger partial charge in [-0.05, 0) is 43.7 Å². The Morgan fingerprint density at radius 1 is 1.04 bits per heavy atom. The van der Waals surface area contributed by atoms with Crippen molar-refractivity contribution in [2.24, 2.45) is 10.2 Å². The largest absolute Gasteiger partial charge is 0.383 e. The van der Waals surface area contributed by atoms with Crippen LogP contribution in [0.25, 0.3) is 0 Å². The summed E-state index contributed by atoms with van der Waals surface area (Å²) in [6.07, 6.45) is 0. The normalized spacial score (nSPS) is 10.7. The Labute approximate surface area is 152 Å². The van der Waals surface area contributed by atoms with Crippen LogP contribution in [0.2, 0.25) is 0 Å². The minimum Gasteiger partial charge on any atom is -0.383 e. The lowest BCUT2D eigenvalue weighted by molar-refractivity contribution is 1.16. The van der Waals surface area contributed by atoms with Crippen LogP contribution >= 0.6 is 0 Å². The number of hydrogen-bond donors (Lipinski definition) is 2. The minimum atomic E-state index is 0.165. The maximum absolute atomic E-state index is 9.36. The zero-order chi connectivity index (χ0) is 18.5. The van der Waals surface area contributed by atoms with Gasteiger partial charge in [-0.2, -0.15) is 10.4 Å². The van der Waals surface area contributed by atoms with Crippen molar-refractivity contribution < 1.29 is 0 Å². The third kappa shape index (κ3) is 3.68. The summed E-state index contributed by atoms with van der Waals surface area (Å²) in [5, 5.41) is 21.2. The molecule has 3 rings (SSSR count). The number of nitrogens with two attached hydrogens (primary N) is 1. The summed E-state index contributed by atoms with van der Waals surface area (Å²) in [5.74, 6) is 0.625. The quantitative estimate of drug-likeness (QED) is 0.627. The maximum atomic E-state index is 9.36. The summed E-state index contributed by atoms with van der Waals surface area (Å²) >= 11 is 0. The molecule has 1 heterocycles. The summed E-state index contributed by atoms with van der Waals surface area (Å²) in [4.78, 5) is 4.32. The Morgan fingerprint density at radius 3 is 2.50 bits per heavy atom. The van der Waals surface area contributed by atoms with Crippen LogP contribution in [0, 0.1) is 25.2 Å². The number of hydrogen-bond acceptors (Lipinski definition) is 6. The van der Waals surface area contributed by atoms with E-state index in [1.54, 1.807) is 6.92 Å². The van der Waals surface area contributed by atoms with E-state index >= 15 is 0 Å². The van der Waals surface area contributed by atoms with E-state index in [0.29, 0.717) is 22.6 Å². The highest BCUT2D eigenvalue weighted by molar-refractivity contribution is 5.76. The predicted molar refractivity (Wildman–Crippen MR) is 103 cm³/mol. The van der Waals surface area contributed by atoms with Gasteiger partial charge in [0.2, 0.25) is 0 Å². The highest BCUT2D eigenvalue weighted by Crippen LogP contribution is 2.35. The Morgan fingerprint density at radius 2 is 1.81 bits per heavy atom. The molecule has 2 aromatic carbocycles. The Balaban J connectivity index is 2.07. The van der Waals surface area contributed by atoms with Crippen molar-refractivity contribution in [2.75, 3.05) is 11.1 Å². The van der Waals surface area contributed by atoms with Crippen LogP contribution < -0.4 is 11.1 Å². The van der Waals surface area contributed by atoms with Gasteiger partial charge in [0.05, 0.1) is 11.3 Å². The van der Waals surface area contributed by atoms with Gasteiger partial charge < -0.3 is 11.1 Å². The van der Waals surface area contributed by atoms with E-state index < -0.39 is 0 Å². The lowest BCUT2D eigenvalue weighted by Crippen LogP contribution is -2.03. The van der Waals surface area contributed by atoms with Gasteiger partial charge in [0.1, 0.15) is 17.6 Å². The first-order valence-electron chi connectivity index (χ1n) is 8.09. The van der Waals surface area contributed by atoms with Crippen molar-refractivity contribution in [3.05, 3.63) is 71.3 Å². The van der Waals surface area contributed by atoms with Gasteiger partial charge in [0.15, 0.2) is 5.82 Å². The molecule has 3 N–H and O–H groups in total. The number of benzene rings is 2. The van der Waals surface area contributed by atoms with Crippen LogP contribution in [0.5, 0.6) is 0 Å². The molecule has 128 valence electrons. The fourth-order valence-electron chi connectivity index (χ4n) is 2.52. The van der Waals surface area contributed by atoms with Crippen LogP contribution in [0.15, 0.2) is 64.8 Å². The van der Waals surface area contributed by atoms with E-state index in [4.69, 9.17) is 5.73 Å². The number of nitrogens with one attached hydrogen (secondary N) is 1. The van der Waals surface area contributed by atoms with Crippen molar-refractivity contribution >= 4 is 28.7 Å². The average Bonchev–Trinajstić information content (AvgIpc) is 2.62. The summed E-state index contributed by atoms with van der Waals surface area (Å²) in [5.41, 5.74) is 10.0. The van der Waals surface area contributed by atoms with E-state index in [-0.39, 0.29) is 5.82 Å². The molecular weight excluding hydrogens is 324 g/mol. The molecule has 1 aromatic heterocycles. The molecule has 6 nitrogen and oxygen atoms in total. The molecule has 0 unspecified atom stereocenters. The Bertz CT molecular complexity index is 1000. The predicted octanol–water partition coefficient (Wildman–Crippen LogP) is 5.31. The summed E-state index contributed by atoms with van der Waals surface area (Å²) in [7, 11) is 0. The molecule has 26 heavy (non-hydrogen) atoms. The van der Waals surface area contributed by atoms with Crippen molar-refractivity contribution in [1.82, 2.24) is 4.98 Å². The second-order valence-corrected chi connectivity index (χ2v) is 5.84. The molecule has 0 aliphatic rings. The molecule has 0 bridgehead atoms. The molecule has 3 aromatic rings. The van der Waals surface area contributed by atoms with E-state index in [1.807, 2.05) is 61.5 Å². The zero-order valence-corrected chi connectivity index (χ0v) is 14.6. The number of nitrogen functional groups attached to an aromatic ring is 1. The number of rotatable bonds is 4. The fourth-order valence-corrected chi connectivity index (χ4v) is 2.52. The molecule has 6 heteroatoms. The number of azo groups is 1. The molecular formula is C20H18N6.